The minimum Gasteiger partial charge on any atom is -0.390 e. The predicted molar refractivity (Wildman–Crippen MR) is 130 cm³/mol. The van der Waals surface area contributed by atoms with Gasteiger partial charge in [-0.2, -0.15) is 5.10 Å². The summed E-state index contributed by atoms with van der Waals surface area (Å²) in [5.41, 5.74) is 1.09. The highest BCUT2D eigenvalue weighted by atomic mass is 32.2. The van der Waals surface area contributed by atoms with E-state index in [2.05, 4.69) is 54.2 Å². The maximum atomic E-state index is 10.9. The number of aromatic amines is 1. The molecular formula is C21H27N9O2S2. The van der Waals surface area contributed by atoms with Gasteiger partial charge in [0.05, 0.1) is 12.1 Å². The molecule has 180 valence electrons. The largest absolute Gasteiger partial charge is 0.390 e. The van der Waals surface area contributed by atoms with Crippen LogP contribution in [0.5, 0.6) is 0 Å². The van der Waals surface area contributed by atoms with E-state index in [9.17, 15) is 10.2 Å². The topological polar surface area (TPSA) is 151 Å². The van der Waals surface area contributed by atoms with Crippen LogP contribution in [-0.2, 0) is 6.42 Å². The molecule has 0 spiro atoms. The Morgan fingerprint density at radius 3 is 2.88 bits per heavy atom. The molecule has 11 nitrogen and oxygen atoms in total. The number of hydrogen-bond donors (Lipinski definition) is 4. The van der Waals surface area contributed by atoms with Crippen molar-refractivity contribution in [1.29, 1.82) is 0 Å². The molecule has 0 bridgehead atoms. The molecule has 4 N–H and O–H groups in total. The van der Waals surface area contributed by atoms with Gasteiger partial charge >= 0.3 is 0 Å². The number of aliphatic hydroxyl groups excluding tert-OH is 2. The number of anilines is 1. The number of nitrogens with zero attached hydrogens (tertiary/aromatic N) is 7. The summed E-state index contributed by atoms with van der Waals surface area (Å²) in [5, 5.41) is 43.3. The van der Waals surface area contributed by atoms with Crippen LogP contribution in [0.2, 0.25) is 0 Å². The third-order valence-electron chi connectivity index (χ3n) is 5.91. The lowest BCUT2D eigenvalue weighted by Gasteiger charge is -2.17. The molecule has 0 saturated heterocycles. The van der Waals surface area contributed by atoms with Crippen LogP contribution >= 0.6 is 23.1 Å². The molecule has 4 heterocycles. The molecule has 1 fully saturated rings. The Kier molecular flexibility index (Phi) is 6.77. The summed E-state index contributed by atoms with van der Waals surface area (Å²) in [6.45, 7) is 4.59. The van der Waals surface area contributed by atoms with E-state index in [1.165, 1.54) is 4.88 Å². The van der Waals surface area contributed by atoms with Crippen LogP contribution in [0.1, 0.15) is 48.3 Å². The van der Waals surface area contributed by atoms with Gasteiger partial charge in [-0.25, -0.2) is 19.6 Å². The van der Waals surface area contributed by atoms with Crippen LogP contribution < -0.4 is 5.32 Å². The maximum Gasteiger partial charge on any atom is 0.191 e. The molecule has 0 aromatic carbocycles. The van der Waals surface area contributed by atoms with Gasteiger partial charge in [0, 0.05) is 23.1 Å². The molecule has 4 aromatic heterocycles. The molecule has 4 aromatic rings. The summed E-state index contributed by atoms with van der Waals surface area (Å²) in [6, 6.07) is 3.65. The van der Waals surface area contributed by atoms with E-state index in [0.29, 0.717) is 46.8 Å². The number of H-pyrrole nitrogens is 1. The second-order valence-corrected chi connectivity index (χ2v) is 10.4. The van der Waals surface area contributed by atoms with Crippen molar-refractivity contribution in [2.45, 2.75) is 62.4 Å². The zero-order valence-electron chi connectivity index (χ0n) is 18.9. The van der Waals surface area contributed by atoms with Gasteiger partial charge in [-0.1, -0.05) is 30.0 Å². The number of thiophene rings is 1. The van der Waals surface area contributed by atoms with Gasteiger partial charge in [0.25, 0.3) is 0 Å². The molecule has 1 saturated carbocycles. The Morgan fingerprint density at radius 1 is 1.26 bits per heavy atom. The maximum absolute atomic E-state index is 10.9. The molecule has 4 atom stereocenters. The zero-order chi connectivity index (χ0) is 23.7. The van der Waals surface area contributed by atoms with Crippen molar-refractivity contribution in [2.24, 2.45) is 0 Å². The number of aromatic nitrogens is 8. The highest BCUT2D eigenvalue weighted by molar-refractivity contribution is 7.99. The van der Waals surface area contributed by atoms with Crippen LogP contribution in [0.4, 0.5) is 5.82 Å². The van der Waals surface area contributed by atoms with E-state index in [-0.39, 0.29) is 5.92 Å². The second kappa shape index (κ2) is 9.94. The monoisotopic (exact) mass is 501 g/mol. The van der Waals surface area contributed by atoms with Crippen LogP contribution in [0.15, 0.2) is 22.7 Å². The Morgan fingerprint density at radius 2 is 2.15 bits per heavy atom. The number of nitrogens with one attached hydrogen (secondary N) is 2. The average Bonchev–Trinajstić information content (AvgIpc) is 3.62. The van der Waals surface area contributed by atoms with Crippen molar-refractivity contribution in [3.63, 3.8) is 0 Å². The van der Waals surface area contributed by atoms with Gasteiger partial charge in [0.15, 0.2) is 22.1 Å². The van der Waals surface area contributed by atoms with Crippen LogP contribution in [-0.4, -0.2) is 74.9 Å². The Hall–Kier alpha value is -2.61. The Balaban J connectivity index is 1.45. The molecule has 1 aliphatic rings. The number of aliphatic hydroxyl groups is 2. The van der Waals surface area contributed by atoms with Gasteiger partial charge < -0.3 is 15.5 Å². The molecule has 0 unspecified atom stereocenters. The summed E-state index contributed by atoms with van der Waals surface area (Å²) in [4.78, 5) is 15.1. The number of fused-ring (bicyclic) bond motifs is 1. The zero-order valence-corrected chi connectivity index (χ0v) is 20.6. The van der Waals surface area contributed by atoms with Crippen molar-refractivity contribution in [3.8, 4) is 0 Å². The standard InChI is InChI=1S/C21H27N9O2S2/c1-3-8-34-21-24-19(22-7-6-12-5-4-9-33-12)15-20(25-21)30(29-27-15)14-10-13(16(31)17(14)32)18-23-11(2)26-28-18/h4-5,9,13-14,16-17,31-32H,3,6-8,10H2,1-2H3,(H,22,24,25)(H,23,26,28)/t13-,14+,16+,17-/m0/s1. The van der Waals surface area contributed by atoms with Crippen LogP contribution in [0, 0.1) is 6.92 Å². The van der Waals surface area contributed by atoms with Crippen molar-refractivity contribution in [2.75, 3.05) is 17.6 Å². The lowest BCUT2D eigenvalue weighted by Crippen LogP contribution is -2.29. The quantitative estimate of drug-likeness (QED) is 0.199. The smallest absolute Gasteiger partial charge is 0.191 e. The van der Waals surface area contributed by atoms with Gasteiger partial charge in [0.2, 0.25) is 0 Å². The fourth-order valence-corrected chi connectivity index (χ4v) is 5.63. The summed E-state index contributed by atoms with van der Waals surface area (Å²) in [6.07, 6.45) is 0.253. The molecule has 5 rings (SSSR count). The lowest BCUT2D eigenvalue weighted by atomic mass is 10.1. The first-order valence-corrected chi connectivity index (χ1v) is 13.2. The average molecular weight is 502 g/mol. The third-order valence-corrected chi connectivity index (χ3v) is 7.90. The molecule has 1 aliphatic carbocycles. The van der Waals surface area contributed by atoms with Crippen molar-refractivity contribution < 1.29 is 10.2 Å². The van der Waals surface area contributed by atoms with E-state index in [1.54, 1.807) is 34.7 Å². The highest BCUT2D eigenvalue weighted by Gasteiger charge is 2.46. The minimum atomic E-state index is -1.04. The van der Waals surface area contributed by atoms with E-state index in [1.807, 2.05) is 6.07 Å². The summed E-state index contributed by atoms with van der Waals surface area (Å²) < 4.78 is 1.62. The van der Waals surface area contributed by atoms with Gasteiger partial charge in [-0.3, -0.25) is 5.10 Å². The first-order chi connectivity index (χ1) is 16.5. The highest BCUT2D eigenvalue weighted by Crippen LogP contribution is 2.41. The summed E-state index contributed by atoms with van der Waals surface area (Å²) in [5.74, 6) is 2.27. The molecule has 34 heavy (non-hydrogen) atoms. The van der Waals surface area contributed by atoms with Crippen molar-refractivity contribution in [1.82, 2.24) is 40.1 Å². The van der Waals surface area contributed by atoms with Gasteiger partial charge in [-0.05, 0) is 37.6 Å². The Bertz CT molecular complexity index is 1240. The van der Waals surface area contributed by atoms with Gasteiger partial charge in [0.1, 0.15) is 17.8 Å². The normalized spacial score (nSPS) is 22.6. The first-order valence-electron chi connectivity index (χ1n) is 11.3. The fourth-order valence-electron chi connectivity index (χ4n) is 4.22. The van der Waals surface area contributed by atoms with Crippen molar-refractivity contribution in [3.05, 3.63) is 34.0 Å². The second-order valence-electron chi connectivity index (χ2n) is 8.32. The fraction of sp³-hybridized carbons (Fsp3) is 0.524. The summed E-state index contributed by atoms with van der Waals surface area (Å²) in [7, 11) is 0. The third kappa shape index (κ3) is 4.52. The SMILES string of the molecule is CCCSc1nc(NCCc2cccs2)c2nnn([C@@H]3C[C@H](c4nc(C)n[nH]4)[C@@H](O)[C@H]3O)c2n1. The minimum absolute atomic E-state index is 0.389. The molecule has 0 aliphatic heterocycles. The van der Waals surface area contributed by atoms with Crippen molar-refractivity contribution >= 4 is 40.1 Å². The molecule has 0 radical (unpaired) electrons. The molecule has 13 heteroatoms. The predicted octanol–water partition coefficient (Wildman–Crippen LogP) is 2.32. The molecule has 0 amide bonds. The number of rotatable bonds is 9. The van der Waals surface area contributed by atoms with Gasteiger partial charge in [-0.15, -0.1) is 16.4 Å². The number of aryl methyl sites for hydroxylation is 1. The lowest BCUT2D eigenvalue weighted by molar-refractivity contribution is 0.0146. The van der Waals surface area contributed by atoms with E-state index in [4.69, 9.17) is 4.98 Å². The van der Waals surface area contributed by atoms with Crippen LogP contribution in [0.3, 0.4) is 0 Å². The summed E-state index contributed by atoms with van der Waals surface area (Å²) >= 11 is 3.30. The van der Waals surface area contributed by atoms with E-state index < -0.39 is 18.2 Å². The Labute approximate surface area is 204 Å². The number of hydrogen-bond acceptors (Lipinski definition) is 11. The van der Waals surface area contributed by atoms with Crippen LogP contribution in [0.25, 0.3) is 11.2 Å². The van der Waals surface area contributed by atoms with E-state index in [0.717, 1.165) is 18.6 Å². The first kappa shape index (κ1) is 23.1. The number of thioether (sulfide) groups is 1. The molecular weight excluding hydrogens is 474 g/mol. The van der Waals surface area contributed by atoms with E-state index >= 15 is 0 Å².